The zero-order chi connectivity index (χ0) is 13.1. The number of halogens is 1. The molecule has 0 atom stereocenters. The molecule has 0 saturated heterocycles. The van der Waals surface area contributed by atoms with Gasteiger partial charge in [0.25, 0.3) is 0 Å². The molecule has 1 aliphatic carbocycles. The molecule has 3 nitrogen and oxygen atoms in total. The van der Waals surface area contributed by atoms with E-state index in [9.17, 15) is 4.39 Å². The van der Waals surface area contributed by atoms with Crippen LogP contribution in [0.15, 0.2) is 46.7 Å². The molecule has 0 bridgehead atoms. The summed E-state index contributed by atoms with van der Waals surface area (Å²) in [6, 6.07) is 7.46. The van der Waals surface area contributed by atoms with Gasteiger partial charge in [-0.05, 0) is 54.4 Å². The molecule has 0 spiro atoms. The van der Waals surface area contributed by atoms with Gasteiger partial charge in [-0.1, -0.05) is 0 Å². The van der Waals surface area contributed by atoms with E-state index in [4.69, 9.17) is 0 Å². The molecule has 19 heavy (non-hydrogen) atoms. The number of hydrogen-bond acceptors (Lipinski definition) is 4. The van der Waals surface area contributed by atoms with Crippen molar-refractivity contribution in [2.24, 2.45) is 0 Å². The molecule has 0 amide bonds. The summed E-state index contributed by atoms with van der Waals surface area (Å²) in [5, 5.41) is 4.02. The van der Waals surface area contributed by atoms with Gasteiger partial charge < -0.3 is 5.32 Å². The third-order valence-corrected chi connectivity index (χ3v) is 3.72. The van der Waals surface area contributed by atoms with Gasteiger partial charge in [-0.2, -0.15) is 0 Å². The zero-order valence-corrected chi connectivity index (χ0v) is 11.2. The van der Waals surface area contributed by atoms with Crippen LogP contribution in [0.4, 0.5) is 4.39 Å². The van der Waals surface area contributed by atoms with Crippen molar-refractivity contribution in [2.45, 2.75) is 35.5 Å². The first kappa shape index (κ1) is 12.6. The molecule has 1 aromatic heterocycles. The van der Waals surface area contributed by atoms with E-state index in [1.807, 2.05) is 6.07 Å². The second kappa shape index (κ2) is 5.67. The SMILES string of the molecule is Fc1cc(CNC2CC2)cc(Sc2ncccn2)c1. The first-order valence-corrected chi connectivity index (χ1v) is 7.09. The fourth-order valence-electron chi connectivity index (χ4n) is 1.77. The van der Waals surface area contributed by atoms with E-state index < -0.39 is 0 Å². The van der Waals surface area contributed by atoms with Crippen LogP contribution in [0.25, 0.3) is 0 Å². The van der Waals surface area contributed by atoms with Crippen LogP contribution >= 0.6 is 11.8 Å². The van der Waals surface area contributed by atoms with Gasteiger partial charge in [0.05, 0.1) is 0 Å². The molecule has 0 unspecified atom stereocenters. The Balaban J connectivity index is 1.72. The minimum atomic E-state index is -0.214. The predicted molar refractivity (Wildman–Crippen MR) is 72.4 cm³/mol. The average molecular weight is 275 g/mol. The number of nitrogens with one attached hydrogen (secondary N) is 1. The summed E-state index contributed by atoms with van der Waals surface area (Å²) in [4.78, 5) is 9.09. The van der Waals surface area contributed by atoms with Crippen molar-refractivity contribution in [3.8, 4) is 0 Å². The van der Waals surface area contributed by atoms with Gasteiger partial charge in [-0.15, -0.1) is 0 Å². The summed E-state index contributed by atoms with van der Waals surface area (Å²) < 4.78 is 13.6. The molecule has 0 radical (unpaired) electrons. The van der Waals surface area contributed by atoms with E-state index in [-0.39, 0.29) is 5.82 Å². The van der Waals surface area contributed by atoms with Crippen molar-refractivity contribution < 1.29 is 4.39 Å². The quantitative estimate of drug-likeness (QED) is 0.851. The summed E-state index contributed by atoms with van der Waals surface area (Å²) >= 11 is 1.38. The van der Waals surface area contributed by atoms with Crippen molar-refractivity contribution in [3.63, 3.8) is 0 Å². The van der Waals surface area contributed by atoms with E-state index in [0.29, 0.717) is 17.7 Å². The van der Waals surface area contributed by atoms with Gasteiger partial charge in [-0.25, -0.2) is 14.4 Å². The Bertz CT molecular complexity index is 558. The first-order chi connectivity index (χ1) is 9.29. The third-order valence-electron chi connectivity index (χ3n) is 2.85. The van der Waals surface area contributed by atoms with Crippen LogP contribution in [0.1, 0.15) is 18.4 Å². The minimum absolute atomic E-state index is 0.214. The lowest BCUT2D eigenvalue weighted by Gasteiger charge is -2.06. The Morgan fingerprint density at radius 1 is 1.21 bits per heavy atom. The zero-order valence-electron chi connectivity index (χ0n) is 10.3. The lowest BCUT2D eigenvalue weighted by atomic mass is 10.2. The molecular weight excluding hydrogens is 261 g/mol. The van der Waals surface area contributed by atoms with Crippen LogP contribution < -0.4 is 5.32 Å². The highest BCUT2D eigenvalue weighted by atomic mass is 32.2. The molecule has 5 heteroatoms. The highest BCUT2D eigenvalue weighted by Gasteiger charge is 2.20. The Labute approximate surface area is 115 Å². The molecule has 1 N–H and O–H groups in total. The fraction of sp³-hybridized carbons (Fsp3) is 0.286. The molecule has 1 fully saturated rings. The van der Waals surface area contributed by atoms with Gasteiger partial charge in [0.15, 0.2) is 5.16 Å². The van der Waals surface area contributed by atoms with Gasteiger partial charge in [0.2, 0.25) is 0 Å². The topological polar surface area (TPSA) is 37.8 Å². The maximum absolute atomic E-state index is 13.6. The van der Waals surface area contributed by atoms with Gasteiger partial charge in [0, 0.05) is 29.9 Å². The van der Waals surface area contributed by atoms with E-state index in [2.05, 4.69) is 15.3 Å². The molecule has 98 valence electrons. The molecule has 1 saturated carbocycles. The summed E-state index contributed by atoms with van der Waals surface area (Å²) in [6.07, 6.45) is 5.83. The van der Waals surface area contributed by atoms with Gasteiger partial charge in [0.1, 0.15) is 5.82 Å². The van der Waals surface area contributed by atoms with Crippen LogP contribution in [-0.2, 0) is 6.54 Å². The fourth-order valence-corrected chi connectivity index (χ4v) is 2.59. The second-order valence-corrected chi connectivity index (χ2v) is 5.62. The van der Waals surface area contributed by atoms with Crippen LogP contribution in [0.5, 0.6) is 0 Å². The Morgan fingerprint density at radius 3 is 2.74 bits per heavy atom. The second-order valence-electron chi connectivity index (χ2n) is 4.58. The van der Waals surface area contributed by atoms with E-state index in [0.717, 1.165) is 10.5 Å². The summed E-state index contributed by atoms with van der Waals surface area (Å²) in [5.74, 6) is -0.214. The number of benzene rings is 1. The molecule has 1 aromatic carbocycles. The molecule has 3 rings (SSSR count). The molecule has 2 aromatic rings. The number of aromatic nitrogens is 2. The molecule has 0 aliphatic heterocycles. The monoisotopic (exact) mass is 275 g/mol. The normalized spacial score (nSPS) is 14.6. The Kier molecular flexibility index (Phi) is 3.75. The van der Waals surface area contributed by atoms with Gasteiger partial charge in [-0.3, -0.25) is 0 Å². The van der Waals surface area contributed by atoms with Crippen molar-refractivity contribution in [2.75, 3.05) is 0 Å². The number of rotatable bonds is 5. The van der Waals surface area contributed by atoms with Crippen LogP contribution in [0, 0.1) is 5.82 Å². The average Bonchev–Trinajstić information content (AvgIpc) is 3.21. The summed E-state index contributed by atoms with van der Waals surface area (Å²) in [6.45, 7) is 0.714. The highest BCUT2D eigenvalue weighted by Crippen LogP contribution is 2.26. The van der Waals surface area contributed by atoms with E-state index >= 15 is 0 Å². The predicted octanol–water partition coefficient (Wildman–Crippen LogP) is 3.02. The summed E-state index contributed by atoms with van der Waals surface area (Å²) in [7, 11) is 0. The van der Waals surface area contributed by atoms with Crippen LogP contribution in [0.2, 0.25) is 0 Å². The van der Waals surface area contributed by atoms with Gasteiger partial charge >= 0.3 is 0 Å². The van der Waals surface area contributed by atoms with E-state index in [1.54, 1.807) is 24.5 Å². The molecule has 1 heterocycles. The van der Waals surface area contributed by atoms with Crippen LogP contribution in [0.3, 0.4) is 0 Å². The maximum atomic E-state index is 13.6. The van der Waals surface area contributed by atoms with E-state index in [1.165, 1.54) is 30.7 Å². The first-order valence-electron chi connectivity index (χ1n) is 6.27. The summed E-state index contributed by atoms with van der Waals surface area (Å²) in [5.41, 5.74) is 0.963. The van der Waals surface area contributed by atoms with Crippen molar-refractivity contribution in [1.82, 2.24) is 15.3 Å². The standard InChI is InChI=1S/C14H14FN3S/c15-11-6-10(9-18-12-2-3-12)7-13(8-11)19-14-16-4-1-5-17-14/h1,4-8,12,18H,2-3,9H2. The smallest absolute Gasteiger partial charge is 0.192 e. The van der Waals surface area contributed by atoms with Crippen molar-refractivity contribution in [3.05, 3.63) is 48.0 Å². The Morgan fingerprint density at radius 2 is 2.00 bits per heavy atom. The van der Waals surface area contributed by atoms with Crippen LogP contribution in [-0.4, -0.2) is 16.0 Å². The number of hydrogen-bond donors (Lipinski definition) is 1. The lowest BCUT2D eigenvalue weighted by Crippen LogP contribution is -2.15. The largest absolute Gasteiger partial charge is 0.310 e. The highest BCUT2D eigenvalue weighted by molar-refractivity contribution is 7.99. The molecule has 1 aliphatic rings. The van der Waals surface area contributed by atoms with Crippen molar-refractivity contribution in [1.29, 1.82) is 0 Å². The maximum Gasteiger partial charge on any atom is 0.192 e. The molecular formula is C14H14FN3S. The third kappa shape index (κ3) is 3.75. The Hall–Kier alpha value is -1.46. The lowest BCUT2D eigenvalue weighted by molar-refractivity contribution is 0.615. The number of nitrogens with zero attached hydrogens (tertiary/aromatic N) is 2. The minimum Gasteiger partial charge on any atom is -0.310 e. The van der Waals surface area contributed by atoms with Crippen molar-refractivity contribution >= 4 is 11.8 Å².